The van der Waals surface area contributed by atoms with Crippen LogP contribution in [0, 0.1) is 0 Å². The Kier molecular flexibility index (Phi) is 4.11. The molecule has 1 aliphatic heterocycles. The molecule has 1 aromatic heterocycles. The average molecular weight is 239 g/mol. The molecule has 6 heteroatoms. The van der Waals surface area contributed by atoms with Crippen molar-refractivity contribution in [2.24, 2.45) is 0 Å². The fourth-order valence-electron chi connectivity index (χ4n) is 1.97. The summed E-state index contributed by atoms with van der Waals surface area (Å²) in [6.45, 7) is 1.80. The Labute approximate surface area is 99.8 Å². The molecule has 0 bridgehead atoms. The lowest BCUT2D eigenvalue weighted by atomic mass is 10.1. The largest absolute Gasteiger partial charge is 0.394 e. The second kappa shape index (κ2) is 5.79. The molecule has 0 radical (unpaired) electrons. The summed E-state index contributed by atoms with van der Waals surface area (Å²) in [5.41, 5.74) is 0. The molecule has 2 rings (SSSR count). The van der Waals surface area contributed by atoms with Gasteiger partial charge in [-0.15, -0.1) is 0 Å². The van der Waals surface area contributed by atoms with E-state index in [9.17, 15) is 4.79 Å². The minimum absolute atomic E-state index is 0.0388. The van der Waals surface area contributed by atoms with E-state index in [1.165, 1.54) is 10.9 Å². The van der Waals surface area contributed by atoms with Crippen LogP contribution in [0.2, 0.25) is 0 Å². The molecule has 1 fully saturated rings. The molecule has 0 aliphatic carbocycles. The van der Waals surface area contributed by atoms with Crippen molar-refractivity contribution in [1.82, 2.24) is 14.5 Å². The van der Waals surface area contributed by atoms with Gasteiger partial charge in [-0.2, -0.15) is 0 Å². The van der Waals surface area contributed by atoms with Gasteiger partial charge in [0.15, 0.2) is 0 Å². The minimum atomic E-state index is -0.0388. The Bertz CT molecular complexity index is 345. The highest BCUT2D eigenvalue weighted by atomic mass is 16.5. The lowest BCUT2D eigenvalue weighted by molar-refractivity contribution is -0.00159. The van der Waals surface area contributed by atoms with Crippen molar-refractivity contribution in [2.45, 2.75) is 18.9 Å². The zero-order chi connectivity index (χ0) is 12.1. The predicted molar refractivity (Wildman–Crippen MR) is 60.7 cm³/mol. The summed E-state index contributed by atoms with van der Waals surface area (Å²) in [5.74, 6) is 0. The Balaban J connectivity index is 1.81. The summed E-state index contributed by atoms with van der Waals surface area (Å²) in [4.78, 5) is 17.6. The maximum Gasteiger partial charge on any atom is 0.329 e. The van der Waals surface area contributed by atoms with E-state index in [1.54, 1.807) is 17.3 Å². The van der Waals surface area contributed by atoms with Gasteiger partial charge < -0.3 is 14.7 Å². The van der Waals surface area contributed by atoms with Crippen LogP contribution in [0.4, 0.5) is 4.79 Å². The van der Waals surface area contributed by atoms with E-state index in [0.29, 0.717) is 19.7 Å². The molecule has 94 valence electrons. The summed E-state index contributed by atoms with van der Waals surface area (Å²) in [7, 11) is 0. The highest BCUT2D eigenvalue weighted by Crippen LogP contribution is 2.14. The van der Waals surface area contributed by atoms with Crippen molar-refractivity contribution in [2.75, 3.05) is 26.3 Å². The number of carbonyl (C=O) groups is 1. The van der Waals surface area contributed by atoms with Crippen LogP contribution in [-0.4, -0.2) is 58.0 Å². The molecule has 0 atom stereocenters. The monoisotopic (exact) mass is 239 g/mol. The average Bonchev–Trinajstić information content (AvgIpc) is 2.90. The topological polar surface area (TPSA) is 67.6 Å². The summed E-state index contributed by atoms with van der Waals surface area (Å²) >= 11 is 0. The van der Waals surface area contributed by atoms with Gasteiger partial charge in [-0.25, -0.2) is 9.78 Å². The Morgan fingerprint density at radius 3 is 2.82 bits per heavy atom. The van der Waals surface area contributed by atoms with Gasteiger partial charge in [-0.05, 0) is 12.8 Å². The molecular weight excluding hydrogens is 222 g/mol. The lowest BCUT2D eigenvalue weighted by Gasteiger charge is -2.31. The molecule has 0 aromatic carbocycles. The number of hydrogen-bond acceptors (Lipinski definition) is 4. The van der Waals surface area contributed by atoms with Crippen molar-refractivity contribution in [1.29, 1.82) is 0 Å². The van der Waals surface area contributed by atoms with E-state index in [-0.39, 0.29) is 18.7 Å². The molecule has 0 spiro atoms. The first-order chi connectivity index (χ1) is 8.31. The van der Waals surface area contributed by atoms with Crippen LogP contribution in [-0.2, 0) is 4.74 Å². The first kappa shape index (κ1) is 12.1. The van der Waals surface area contributed by atoms with Crippen LogP contribution in [0.3, 0.4) is 0 Å². The van der Waals surface area contributed by atoms with E-state index in [4.69, 9.17) is 9.84 Å². The number of hydrogen-bond donors (Lipinski definition) is 1. The molecule has 0 saturated carbocycles. The highest BCUT2D eigenvalue weighted by Gasteiger charge is 2.23. The summed E-state index contributed by atoms with van der Waals surface area (Å²) in [5, 5.41) is 8.66. The third kappa shape index (κ3) is 3.04. The minimum Gasteiger partial charge on any atom is -0.394 e. The summed E-state index contributed by atoms with van der Waals surface area (Å²) < 4.78 is 6.92. The fourth-order valence-corrected chi connectivity index (χ4v) is 1.97. The number of aromatic nitrogens is 2. The molecule has 1 aromatic rings. The van der Waals surface area contributed by atoms with Crippen LogP contribution in [0.15, 0.2) is 18.7 Å². The van der Waals surface area contributed by atoms with Crippen molar-refractivity contribution in [3.05, 3.63) is 18.7 Å². The molecule has 1 aliphatic rings. The third-order valence-corrected chi connectivity index (χ3v) is 2.88. The number of ether oxygens (including phenoxy) is 1. The van der Waals surface area contributed by atoms with Crippen molar-refractivity contribution >= 4 is 6.03 Å². The Morgan fingerprint density at radius 1 is 1.47 bits per heavy atom. The van der Waals surface area contributed by atoms with Gasteiger partial charge in [0.25, 0.3) is 0 Å². The zero-order valence-electron chi connectivity index (χ0n) is 9.66. The van der Waals surface area contributed by atoms with Crippen LogP contribution in [0.25, 0.3) is 0 Å². The Hall–Kier alpha value is -1.40. The summed E-state index contributed by atoms with van der Waals surface area (Å²) in [6.07, 6.45) is 6.55. The first-order valence-corrected chi connectivity index (χ1v) is 5.81. The van der Waals surface area contributed by atoms with E-state index >= 15 is 0 Å². The molecule has 6 nitrogen and oxygen atoms in total. The highest BCUT2D eigenvalue weighted by molar-refractivity contribution is 5.76. The Morgan fingerprint density at radius 2 is 2.24 bits per heavy atom. The third-order valence-electron chi connectivity index (χ3n) is 2.88. The predicted octanol–water partition coefficient (Wildman–Crippen LogP) is 0.324. The maximum absolute atomic E-state index is 11.9. The SMILES string of the molecule is O=C(N1CCC(OCCO)CC1)n1ccnc1. The first-order valence-electron chi connectivity index (χ1n) is 5.81. The van der Waals surface area contributed by atoms with Gasteiger partial charge in [0, 0.05) is 25.5 Å². The molecular formula is C11H17N3O3. The number of amides is 1. The number of carbonyl (C=O) groups excluding carboxylic acids is 1. The van der Waals surface area contributed by atoms with E-state index < -0.39 is 0 Å². The molecule has 1 saturated heterocycles. The number of aliphatic hydroxyl groups excluding tert-OH is 1. The van der Waals surface area contributed by atoms with Gasteiger partial charge in [0.2, 0.25) is 0 Å². The number of piperidine rings is 1. The van der Waals surface area contributed by atoms with Crippen molar-refractivity contribution in [3.63, 3.8) is 0 Å². The molecule has 2 heterocycles. The van der Waals surface area contributed by atoms with E-state index in [2.05, 4.69) is 4.98 Å². The molecule has 1 N–H and O–H groups in total. The maximum atomic E-state index is 11.9. The molecule has 0 unspecified atom stereocenters. The van der Waals surface area contributed by atoms with Gasteiger partial charge in [-0.1, -0.05) is 0 Å². The van der Waals surface area contributed by atoms with E-state index in [0.717, 1.165) is 12.8 Å². The summed E-state index contributed by atoms with van der Waals surface area (Å²) in [6, 6.07) is -0.0388. The van der Waals surface area contributed by atoms with E-state index in [1.807, 2.05) is 0 Å². The van der Waals surface area contributed by atoms with Gasteiger partial charge in [-0.3, -0.25) is 4.57 Å². The van der Waals surface area contributed by atoms with Gasteiger partial charge in [0.1, 0.15) is 6.33 Å². The number of aliphatic hydroxyl groups is 1. The second-order valence-electron chi connectivity index (χ2n) is 4.03. The number of nitrogens with zero attached hydrogens (tertiary/aromatic N) is 3. The molecule has 1 amide bonds. The van der Waals surface area contributed by atoms with Crippen LogP contribution in [0.5, 0.6) is 0 Å². The standard InChI is InChI=1S/C11H17N3O3/c15-7-8-17-10-1-4-13(5-2-10)11(16)14-6-3-12-9-14/h3,6,9-10,15H,1-2,4-5,7-8H2. The van der Waals surface area contributed by atoms with Gasteiger partial charge >= 0.3 is 6.03 Å². The molecule has 17 heavy (non-hydrogen) atoms. The van der Waals surface area contributed by atoms with Crippen molar-refractivity contribution in [3.8, 4) is 0 Å². The van der Waals surface area contributed by atoms with Gasteiger partial charge in [0.05, 0.1) is 19.3 Å². The number of rotatable bonds is 3. The van der Waals surface area contributed by atoms with Crippen LogP contribution >= 0.6 is 0 Å². The number of imidazole rings is 1. The van der Waals surface area contributed by atoms with Crippen LogP contribution < -0.4 is 0 Å². The smallest absolute Gasteiger partial charge is 0.329 e. The fraction of sp³-hybridized carbons (Fsp3) is 0.636. The lowest BCUT2D eigenvalue weighted by Crippen LogP contribution is -2.42. The number of likely N-dealkylation sites (tertiary alicyclic amines) is 1. The van der Waals surface area contributed by atoms with Crippen molar-refractivity contribution < 1.29 is 14.6 Å². The normalized spacial score (nSPS) is 17.4. The van der Waals surface area contributed by atoms with Crippen LogP contribution in [0.1, 0.15) is 12.8 Å². The zero-order valence-corrected chi connectivity index (χ0v) is 9.66. The quantitative estimate of drug-likeness (QED) is 0.825. The second-order valence-corrected chi connectivity index (χ2v) is 4.03.